The van der Waals surface area contributed by atoms with Crippen molar-refractivity contribution in [1.82, 2.24) is 10.2 Å². The molecule has 0 aromatic heterocycles. The highest BCUT2D eigenvalue weighted by Gasteiger charge is 2.38. The van der Waals surface area contributed by atoms with Crippen LogP contribution in [-0.4, -0.2) is 25.0 Å². The number of hydrogen-bond acceptors (Lipinski definition) is 2. The van der Waals surface area contributed by atoms with E-state index in [2.05, 4.69) is 30.0 Å². The van der Waals surface area contributed by atoms with Crippen molar-refractivity contribution in [2.45, 2.75) is 19.3 Å². The van der Waals surface area contributed by atoms with Crippen molar-refractivity contribution in [3.8, 4) is 0 Å². The Morgan fingerprint density at radius 3 is 2.73 bits per heavy atom. The molecule has 15 heavy (non-hydrogen) atoms. The van der Waals surface area contributed by atoms with E-state index in [-0.39, 0.29) is 5.41 Å². The van der Waals surface area contributed by atoms with Crippen LogP contribution < -0.4 is 5.32 Å². The predicted octanol–water partition coefficient (Wildman–Crippen LogP) is 2.52. The highest BCUT2D eigenvalue weighted by molar-refractivity contribution is 5.13. The molecule has 1 aliphatic heterocycles. The minimum absolute atomic E-state index is 0.205. The van der Waals surface area contributed by atoms with Crippen LogP contribution in [0.15, 0.2) is 37.7 Å². The Hall–Kier alpha value is -1.18. The van der Waals surface area contributed by atoms with Gasteiger partial charge in [0.25, 0.3) is 0 Å². The van der Waals surface area contributed by atoms with Crippen LogP contribution in [0.5, 0.6) is 0 Å². The third kappa shape index (κ3) is 2.44. The Bertz CT molecular complexity index is 257. The first-order valence-electron chi connectivity index (χ1n) is 5.53. The van der Waals surface area contributed by atoms with Gasteiger partial charge in [-0.05, 0) is 25.5 Å². The van der Waals surface area contributed by atoms with Crippen LogP contribution >= 0.6 is 0 Å². The van der Waals surface area contributed by atoms with Gasteiger partial charge in [-0.15, -0.1) is 6.58 Å². The fourth-order valence-corrected chi connectivity index (χ4v) is 2.31. The molecule has 1 rings (SSSR count). The molecule has 0 saturated carbocycles. The fourth-order valence-electron chi connectivity index (χ4n) is 2.31. The molecule has 2 heteroatoms. The molecule has 0 aromatic carbocycles. The number of likely N-dealkylation sites (tertiary alicyclic amines) is 1. The lowest BCUT2D eigenvalue weighted by molar-refractivity contribution is 0.316. The zero-order valence-corrected chi connectivity index (χ0v) is 9.76. The van der Waals surface area contributed by atoms with E-state index in [1.165, 1.54) is 0 Å². The van der Waals surface area contributed by atoms with Crippen molar-refractivity contribution in [3.05, 3.63) is 37.7 Å². The summed E-state index contributed by atoms with van der Waals surface area (Å²) in [6.45, 7) is 13.9. The molecule has 1 atom stereocenters. The minimum atomic E-state index is 0.205. The van der Waals surface area contributed by atoms with Crippen LogP contribution in [0.3, 0.4) is 0 Å². The Kier molecular flexibility index (Phi) is 4.01. The summed E-state index contributed by atoms with van der Waals surface area (Å²) < 4.78 is 0. The normalized spacial score (nSPS) is 25.0. The van der Waals surface area contributed by atoms with Gasteiger partial charge in [0.05, 0.1) is 0 Å². The Labute approximate surface area is 93.4 Å². The molecule has 0 aliphatic carbocycles. The van der Waals surface area contributed by atoms with Gasteiger partial charge < -0.3 is 10.2 Å². The van der Waals surface area contributed by atoms with E-state index >= 15 is 0 Å². The molecule has 0 aromatic rings. The molecule has 0 amide bonds. The van der Waals surface area contributed by atoms with Gasteiger partial charge in [-0.2, -0.15) is 0 Å². The van der Waals surface area contributed by atoms with Crippen molar-refractivity contribution < 1.29 is 0 Å². The maximum atomic E-state index is 4.14. The number of allylic oxidation sites excluding steroid dienone is 1. The van der Waals surface area contributed by atoms with Crippen molar-refractivity contribution in [3.63, 3.8) is 0 Å². The molecule has 0 radical (unpaired) electrons. The van der Waals surface area contributed by atoms with Gasteiger partial charge in [0.2, 0.25) is 0 Å². The average Bonchev–Trinajstić information content (AvgIpc) is 2.70. The van der Waals surface area contributed by atoms with Crippen molar-refractivity contribution in [1.29, 1.82) is 0 Å². The molecule has 0 spiro atoms. The first-order valence-corrected chi connectivity index (χ1v) is 5.53. The summed E-state index contributed by atoms with van der Waals surface area (Å²) >= 11 is 0. The van der Waals surface area contributed by atoms with Gasteiger partial charge in [-0.3, -0.25) is 0 Å². The van der Waals surface area contributed by atoms with Crippen LogP contribution in [0.2, 0.25) is 0 Å². The highest BCUT2D eigenvalue weighted by atomic mass is 15.1. The van der Waals surface area contributed by atoms with Crippen molar-refractivity contribution in [2.24, 2.45) is 5.41 Å². The van der Waals surface area contributed by atoms with Crippen molar-refractivity contribution in [2.75, 3.05) is 20.1 Å². The van der Waals surface area contributed by atoms with E-state index in [1.807, 2.05) is 19.3 Å². The third-order valence-electron chi connectivity index (χ3n) is 3.41. The number of nitrogens with one attached hydrogen (secondary N) is 1. The molecule has 1 saturated heterocycles. The van der Waals surface area contributed by atoms with Gasteiger partial charge in [0.1, 0.15) is 0 Å². The summed E-state index contributed by atoms with van der Waals surface area (Å²) in [5.74, 6) is 0. The largest absolute Gasteiger partial charge is 0.391 e. The third-order valence-corrected chi connectivity index (χ3v) is 3.41. The topological polar surface area (TPSA) is 15.3 Å². The van der Waals surface area contributed by atoms with Crippen LogP contribution in [0.4, 0.5) is 0 Å². The standard InChI is InChI=1S/C13H22N2/c1-5-7-8-13(12(3)14-4)9-10-15(6-2)11-13/h5-6,14H,1-3,7-11H2,4H3. The zero-order valence-electron chi connectivity index (χ0n) is 9.76. The summed E-state index contributed by atoms with van der Waals surface area (Å²) in [4.78, 5) is 2.27. The molecular formula is C13H22N2. The zero-order chi connectivity index (χ0) is 11.3. The highest BCUT2D eigenvalue weighted by Crippen LogP contribution is 2.40. The molecule has 84 valence electrons. The molecular weight excluding hydrogens is 184 g/mol. The van der Waals surface area contributed by atoms with Gasteiger partial charge in [-0.1, -0.05) is 19.2 Å². The molecule has 2 nitrogen and oxygen atoms in total. The summed E-state index contributed by atoms with van der Waals surface area (Å²) in [7, 11) is 1.95. The predicted molar refractivity (Wildman–Crippen MR) is 66.5 cm³/mol. The second-order valence-electron chi connectivity index (χ2n) is 4.24. The van der Waals surface area contributed by atoms with Gasteiger partial charge in [0, 0.05) is 31.2 Å². The molecule has 1 heterocycles. The maximum absolute atomic E-state index is 4.14. The molecule has 1 N–H and O–H groups in total. The number of hydrogen-bond donors (Lipinski definition) is 1. The minimum Gasteiger partial charge on any atom is -0.391 e. The summed E-state index contributed by atoms with van der Waals surface area (Å²) in [6, 6.07) is 0. The van der Waals surface area contributed by atoms with E-state index in [4.69, 9.17) is 0 Å². The summed E-state index contributed by atoms with van der Waals surface area (Å²) in [5, 5.41) is 3.21. The Morgan fingerprint density at radius 1 is 1.53 bits per heavy atom. The van der Waals surface area contributed by atoms with Crippen LogP contribution in [0.25, 0.3) is 0 Å². The molecule has 0 bridgehead atoms. The number of rotatable bonds is 6. The molecule has 1 unspecified atom stereocenters. The monoisotopic (exact) mass is 206 g/mol. The smallest absolute Gasteiger partial charge is 0.0289 e. The van der Waals surface area contributed by atoms with Crippen LogP contribution in [0, 0.1) is 5.41 Å². The van der Waals surface area contributed by atoms with Crippen molar-refractivity contribution >= 4 is 0 Å². The Morgan fingerprint density at radius 2 is 2.27 bits per heavy atom. The van der Waals surface area contributed by atoms with Crippen LogP contribution in [-0.2, 0) is 0 Å². The Balaban J connectivity index is 2.73. The van der Waals surface area contributed by atoms with Gasteiger partial charge in [-0.25, -0.2) is 0 Å². The molecule has 1 fully saturated rings. The lowest BCUT2D eigenvalue weighted by atomic mass is 9.79. The SMILES string of the molecule is C=CCCC1(C(=C)NC)CCN(C=C)C1. The van der Waals surface area contributed by atoms with E-state index in [0.29, 0.717) is 0 Å². The second kappa shape index (κ2) is 5.06. The van der Waals surface area contributed by atoms with E-state index in [1.54, 1.807) is 0 Å². The van der Waals surface area contributed by atoms with Crippen LogP contribution in [0.1, 0.15) is 19.3 Å². The van der Waals surface area contributed by atoms with E-state index in [9.17, 15) is 0 Å². The lowest BCUT2D eigenvalue weighted by Crippen LogP contribution is -2.32. The first kappa shape index (κ1) is 11.9. The summed E-state index contributed by atoms with van der Waals surface area (Å²) in [5.41, 5.74) is 1.35. The lowest BCUT2D eigenvalue weighted by Gasteiger charge is -2.31. The van der Waals surface area contributed by atoms with Gasteiger partial charge in [0.15, 0.2) is 0 Å². The first-order chi connectivity index (χ1) is 7.18. The number of nitrogens with zero attached hydrogens (tertiary/aromatic N) is 1. The van der Waals surface area contributed by atoms with Gasteiger partial charge >= 0.3 is 0 Å². The van der Waals surface area contributed by atoms with E-state index < -0.39 is 0 Å². The fraction of sp³-hybridized carbons (Fsp3) is 0.538. The van der Waals surface area contributed by atoms with E-state index in [0.717, 1.165) is 38.0 Å². The molecule has 1 aliphatic rings. The summed E-state index contributed by atoms with van der Waals surface area (Å²) in [6.07, 6.45) is 7.25. The quantitative estimate of drug-likeness (QED) is 0.672. The second-order valence-corrected chi connectivity index (χ2v) is 4.24. The maximum Gasteiger partial charge on any atom is 0.0289 e. The average molecular weight is 206 g/mol.